The van der Waals surface area contributed by atoms with E-state index in [0.29, 0.717) is 22.9 Å². The fourth-order valence-corrected chi connectivity index (χ4v) is 2.12. The van der Waals surface area contributed by atoms with Crippen molar-refractivity contribution in [2.75, 3.05) is 6.54 Å². The van der Waals surface area contributed by atoms with Crippen LogP contribution in [0.25, 0.3) is 6.08 Å². The summed E-state index contributed by atoms with van der Waals surface area (Å²) in [5, 5.41) is 3.23. The van der Waals surface area contributed by atoms with E-state index in [1.807, 2.05) is 6.92 Å². The van der Waals surface area contributed by atoms with Crippen LogP contribution in [0.5, 0.6) is 0 Å². The van der Waals surface area contributed by atoms with Crippen LogP contribution in [0.1, 0.15) is 25.3 Å². The number of thiocarbonyl (C=S) groups is 1. The lowest BCUT2D eigenvalue weighted by molar-refractivity contribution is -0.122. The van der Waals surface area contributed by atoms with Crippen LogP contribution in [-0.2, 0) is 4.79 Å². The molecule has 1 aromatic carbocycles. The highest BCUT2D eigenvalue weighted by Gasteiger charge is 2.29. The first-order valence-electron chi connectivity index (χ1n) is 6.22. The van der Waals surface area contributed by atoms with Crippen molar-refractivity contribution >= 4 is 29.3 Å². The molecule has 19 heavy (non-hydrogen) atoms. The first kappa shape index (κ1) is 13.7. The molecule has 0 unspecified atom stereocenters. The maximum atomic E-state index is 13.5. The number of carbonyl (C=O) groups excluding carboxylic acids is 1. The Balaban J connectivity index is 2.21. The van der Waals surface area contributed by atoms with Crippen LogP contribution < -0.4 is 5.32 Å². The zero-order chi connectivity index (χ0) is 13.8. The van der Waals surface area contributed by atoms with Gasteiger partial charge < -0.3 is 5.32 Å². The smallest absolute Gasteiger partial charge is 0.276 e. The van der Waals surface area contributed by atoms with E-state index in [2.05, 4.69) is 5.32 Å². The lowest BCUT2D eigenvalue weighted by Crippen LogP contribution is -2.31. The number of nitrogens with zero attached hydrogens (tertiary/aromatic N) is 1. The molecule has 1 aromatic rings. The summed E-state index contributed by atoms with van der Waals surface area (Å²) in [5.41, 5.74) is 0.699. The Kier molecular flexibility index (Phi) is 4.27. The molecular formula is C14H15FN2OS. The molecule has 1 amide bonds. The van der Waals surface area contributed by atoms with E-state index in [1.54, 1.807) is 18.2 Å². The van der Waals surface area contributed by atoms with Crippen molar-refractivity contribution in [3.8, 4) is 0 Å². The van der Waals surface area contributed by atoms with Crippen LogP contribution in [0.2, 0.25) is 0 Å². The van der Waals surface area contributed by atoms with Gasteiger partial charge in [0.25, 0.3) is 5.91 Å². The van der Waals surface area contributed by atoms with Gasteiger partial charge in [0.15, 0.2) is 5.11 Å². The summed E-state index contributed by atoms with van der Waals surface area (Å²) < 4.78 is 13.5. The van der Waals surface area contributed by atoms with Crippen molar-refractivity contribution in [1.29, 1.82) is 0 Å². The molecule has 0 aliphatic carbocycles. The largest absolute Gasteiger partial charge is 0.328 e. The topological polar surface area (TPSA) is 32.3 Å². The van der Waals surface area contributed by atoms with E-state index in [-0.39, 0.29) is 11.7 Å². The third-order valence-electron chi connectivity index (χ3n) is 2.90. The summed E-state index contributed by atoms with van der Waals surface area (Å²) in [6, 6.07) is 6.32. The average molecular weight is 278 g/mol. The molecule has 0 atom stereocenters. The molecule has 2 rings (SSSR count). The van der Waals surface area contributed by atoms with Crippen LogP contribution in [0, 0.1) is 5.82 Å². The second-order valence-electron chi connectivity index (χ2n) is 4.32. The molecule has 1 aliphatic heterocycles. The number of carbonyl (C=O) groups is 1. The van der Waals surface area contributed by atoms with E-state index >= 15 is 0 Å². The highest BCUT2D eigenvalue weighted by molar-refractivity contribution is 7.80. The van der Waals surface area contributed by atoms with Gasteiger partial charge in [-0.05, 0) is 30.8 Å². The van der Waals surface area contributed by atoms with E-state index in [9.17, 15) is 9.18 Å². The number of nitrogens with one attached hydrogen (secondary N) is 1. The Hall–Kier alpha value is -1.75. The summed E-state index contributed by atoms with van der Waals surface area (Å²) in [5.74, 6) is -0.552. The predicted molar refractivity (Wildman–Crippen MR) is 76.7 cm³/mol. The quantitative estimate of drug-likeness (QED) is 0.679. The number of hydrogen-bond acceptors (Lipinski definition) is 2. The van der Waals surface area contributed by atoms with Crippen molar-refractivity contribution < 1.29 is 9.18 Å². The van der Waals surface area contributed by atoms with E-state index in [4.69, 9.17) is 12.2 Å². The molecule has 1 saturated heterocycles. The number of rotatable bonds is 4. The normalized spacial score (nSPS) is 17.2. The second-order valence-corrected chi connectivity index (χ2v) is 4.71. The summed E-state index contributed by atoms with van der Waals surface area (Å²) >= 11 is 5.12. The summed E-state index contributed by atoms with van der Waals surface area (Å²) in [7, 11) is 0. The average Bonchev–Trinajstić information content (AvgIpc) is 2.65. The van der Waals surface area contributed by atoms with Crippen molar-refractivity contribution in [2.45, 2.75) is 19.8 Å². The number of halogens is 1. The van der Waals surface area contributed by atoms with Gasteiger partial charge in [0, 0.05) is 12.1 Å². The molecule has 0 saturated carbocycles. The molecule has 1 aliphatic rings. The van der Waals surface area contributed by atoms with Gasteiger partial charge >= 0.3 is 0 Å². The molecule has 3 nitrogen and oxygen atoms in total. The van der Waals surface area contributed by atoms with Crippen LogP contribution in [0.15, 0.2) is 30.0 Å². The third-order valence-corrected chi connectivity index (χ3v) is 3.23. The third kappa shape index (κ3) is 2.98. The lowest BCUT2D eigenvalue weighted by Gasteiger charge is -2.12. The Morgan fingerprint density at radius 2 is 2.16 bits per heavy atom. The zero-order valence-electron chi connectivity index (χ0n) is 10.6. The molecule has 0 aromatic heterocycles. The van der Waals surface area contributed by atoms with Gasteiger partial charge in [-0.25, -0.2) is 4.39 Å². The summed E-state index contributed by atoms with van der Waals surface area (Å²) in [6.45, 7) is 2.64. The fraction of sp³-hybridized carbons (Fsp3) is 0.286. The van der Waals surface area contributed by atoms with Gasteiger partial charge in [-0.3, -0.25) is 9.69 Å². The number of benzene rings is 1. The maximum Gasteiger partial charge on any atom is 0.276 e. The van der Waals surface area contributed by atoms with Gasteiger partial charge in [-0.15, -0.1) is 0 Å². The lowest BCUT2D eigenvalue weighted by atomic mass is 10.2. The SMILES string of the molecule is CCCCN1C(=O)C(=Cc2ccccc2F)NC1=S. The van der Waals surface area contributed by atoms with Gasteiger partial charge in [0.05, 0.1) is 0 Å². The second kappa shape index (κ2) is 5.93. The Morgan fingerprint density at radius 1 is 1.42 bits per heavy atom. The molecule has 1 fully saturated rings. The Bertz CT molecular complexity index is 542. The van der Waals surface area contributed by atoms with Crippen molar-refractivity contribution in [3.05, 3.63) is 41.3 Å². The molecule has 1 heterocycles. The van der Waals surface area contributed by atoms with Crippen molar-refractivity contribution in [2.24, 2.45) is 0 Å². The van der Waals surface area contributed by atoms with Crippen molar-refractivity contribution in [1.82, 2.24) is 10.2 Å². The fourth-order valence-electron chi connectivity index (χ4n) is 1.84. The minimum Gasteiger partial charge on any atom is -0.328 e. The van der Waals surface area contributed by atoms with Crippen LogP contribution in [0.4, 0.5) is 4.39 Å². The van der Waals surface area contributed by atoms with Gasteiger partial charge in [-0.2, -0.15) is 0 Å². The molecule has 100 valence electrons. The number of hydrogen-bond donors (Lipinski definition) is 1. The molecular weight excluding hydrogens is 263 g/mol. The Labute approximate surface area is 117 Å². The standard InChI is InChI=1S/C14H15FN2OS/c1-2-3-8-17-13(18)12(16-14(17)19)9-10-6-4-5-7-11(10)15/h4-7,9H,2-3,8H2,1H3,(H,16,19). The molecule has 5 heteroatoms. The monoisotopic (exact) mass is 278 g/mol. The van der Waals surface area contributed by atoms with E-state index < -0.39 is 0 Å². The van der Waals surface area contributed by atoms with E-state index in [1.165, 1.54) is 17.0 Å². The minimum absolute atomic E-state index is 0.193. The van der Waals surface area contributed by atoms with Gasteiger partial charge in [0.1, 0.15) is 11.5 Å². The first-order chi connectivity index (χ1) is 9.13. The summed E-state index contributed by atoms with van der Waals surface area (Å²) in [4.78, 5) is 13.6. The molecule has 1 N–H and O–H groups in total. The molecule has 0 bridgehead atoms. The maximum absolute atomic E-state index is 13.5. The minimum atomic E-state index is -0.359. The first-order valence-corrected chi connectivity index (χ1v) is 6.63. The Morgan fingerprint density at radius 3 is 2.84 bits per heavy atom. The highest BCUT2D eigenvalue weighted by atomic mass is 32.1. The van der Waals surface area contributed by atoms with E-state index in [0.717, 1.165) is 12.8 Å². The van der Waals surface area contributed by atoms with Crippen LogP contribution in [-0.4, -0.2) is 22.5 Å². The zero-order valence-corrected chi connectivity index (χ0v) is 11.5. The van der Waals surface area contributed by atoms with Crippen molar-refractivity contribution in [3.63, 3.8) is 0 Å². The van der Waals surface area contributed by atoms with Crippen LogP contribution >= 0.6 is 12.2 Å². The predicted octanol–water partition coefficient (Wildman–Crippen LogP) is 2.68. The van der Waals surface area contributed by atoms with Gasteiger partial charge in [-0.1, -0.05) is 31.5 Å². The summed E-state index contributed by atoms with van der Waals surface area (Å²) in [6.07, 6.45) is 3.37. The molecule has 0 spiro atoms. The molecule has 0 radical (unpaired) electrons. The van der Waals surface area contributed by atoms with Gasteiger partial charge in [0.2, 0.25) is 0 Å². The highest BCUT2D eigenvalue weighted by Crippen LogP contribution is 2.16. The van der Waals surface area contributed by atoms with Crippen LogP contribution in [0.3, 0.4) is 0 Å². The number of amides is 1. The number of unbranched alkanes of at least 4 members (excludes halogenated alkanes) is 1.